The molecule has 5 heteroatoms. The number of carbonyl (C=O) groups excluding carboxylic acids is 2. The maximum atomic E-state index is 11.7. The van der Waals surface area contributed by atoms with Gasteiger partial charge in [0, 0.05) is 6.42 Å². The fourth-order valence-corrected chi connectivity index (χ4v) is 2.19. The molecule has 0 aliphatic heterocycles. The van der Waals surface area contributed by atoms with Crippen LogP contribution in [0.4, 0.5) is 0 Å². The van der Waals surface area contributed by atoms with E-state index in [0.29, 0.717) is 12.8 Å². The first-order chi connectivity index (χ1) is 9.47. The van der Waals surface area contributed by atoms with Gasteiger partial charge in [0.2, 0.25) is 5.91 Å². The summed E-state index contributed by atoms with van der Waals surface area (Å²) in [5.41, 5.74) is 0. The van der Waals surface area contributed by atoms with Crippen molar-refractivity contribution in [3.8, 4) is 0 Å². The quantitative estimate of drug-likeness (QED) is 0.387. The Kier molecular flexibility index (Phi) is 16.4. The van der Waals surface area contributed by atoms with Crippen LogP contribution in [0.25, 0.3) is 0 Å². The van der Waals surface area contributed by atoms with E-state index in [1.807, 2.05) is 13.8 Å². The van der Waals surface area contributed by atoms with Gasteiger partial charge in [-0.1, -0.05) is 59.3 Å². The van der Waals surface area contributed by atoms with Crippen molar-refractivity contribution in [1.82, 2.24) is 5.32 Å². The molecule has 0 radical (unpaired) electrons. The number of aliphatic carboxylic acids is 1. The van der Waals surface area contributed by atoms with Crippen LogP contribution in [0.5, 0.6) is 0 Å². The van der Waals surface area contributed by atoms with E-state index < -0.39 is 12.0 Å². The summed E-state index contributed by atoms with van der Waals surface area (Å²) >= 11 is 0. The maximum absolute atomic E-state index is 11.7. The van der Waals surface area contributed by atoms with E-state index in [9.17, 15) is 14.7 Å². The topological polar surface area (TPSA) is 69.2 Å². The molecule has 0 aliphatic carbocycles. The zero-order valence-electron chi connectivity index (χ0n) is 14.2. The minimum absolute atomic E-state index is 0. The minimum Gasteiger partial charge on any atom is -0.548 e. The van der Waals surface area contributed by atoms with Gasteiger partial charge < -0.3 is 15.2 Å². The Morgan fingerprint density at radius 2 is 1.52 bits per heavy atom. The molecular formula is C16H30NNaO3. The molecule has 0 spiro atoms. The number of carboxylic acid groups (broad SMARTS) is 1. The van der Waals surface area contributed by atoms with Crippen molar-refractivity contribution in [3.63, 3.8) is 0 Å². The number of amides is 1. The Hall–Kier alpha value is -0.0600. The summed E-state index contributed by atoms with van der Waals surface area (Å²) in [6.07, 6.45) is 8.88. The average Bonchev–Trinajstić information content (AvgIpc) is 2.36. The summed E-state index contributed by atoms with van der Waals surface area (Å²) in [7, 11) is 0. The standard InChI is InChI=1S/C16H31NO3.Na/c1-4-5-6-7-8-9-10-11-15(18)17-14(16(19)20)12-13(2)3;/h13-14H,4-12H2,1-3H3,(H,17,18)(H,19,20);/q;+1/p-1/t14-;/m0./s1. The van der Waals surface area contributed by atoms with E-state index in [2.05, 4.69) is 12.2 Å². The van der Waals surface area contributed by atoms with Crippen molar-refractivity contribution in [2.75, 3.05) is 0 Å². The van der Waals surface area contributed by atoms with Crippen LogP contribution in [0, 0.1) is 5.92 Å². The molecular weight excluding hydrogens is 277 g/mol. The third-order valence-corrected chi connectivity index (χ3v) is 3.33. The van der Waals surface area contributed by atoms with Crippen LogP contribution in [-0.4, -0.2) is 17.9 Å². The predicted octanol–water partition coefficient (Wildman–Crippen LogP) is -0.588. The first-order valence-corrected chi connectivity index (χ1v) is 7.97. The molecule has 21 heavy (non-hydrogen) atoms. The summed E-state index contributed by atoms with van der Waals surface area (Å²) in [5.74, 6) is -1.14. The van der Waals surface area contributed by atoms with Crippen molar-refractivity contribution >= 4 is 11.9 Å². The van der Waals surface area contributed by atoms with Gasteiger partial charge in [-0.3, -0.25) is 4.79 Å². The second kappa shape index (κ2) is 14.9. The summed E-state index contributed by atoms with van der Waals surface area (Å²) < 4.78 is 0. The van der Waals surface area contributed by atoms with Gasteiger partial charge in [-0.15, -0.1) is 0 Å². The maximum Gasteiger partial charge on any atom is 1.00 e. The van der Waals surface area contributed by atoms with E-state index >= 15 is 0 Å². The Labute approximate surface area is 151 Å². The molecule has 0 aliphatic rings. The summed E-state index contributed by atoms with van der Waals surface area (Å²) in [6.45, 7) is 6.05. The molecule has 0 saturated heterocycles. The molecule has 0 aromatic heterocycles. The monoisotopic (exact) mass is 307 g/mol. The Bertz CT molecular complexity index is 283. The molecule has 1 amide bonds. The Morgan fingerprint density at radius 1 is 1.00 bits per heavy atom. The number of hydrogen-bond donors (Lipinski definition) is 1. The minimum atomic E-state index is -1.19. The van der Waals surface area contributed by atoms with Crippen molar-refractivity contribution < 1.29 is 44.3 Å². The van der Waals surface area contributed by atoms with Gasteiger partial charge >= 0.3 is 29.6 Å². The van der Waals surface area contributed by atoms with Crippen molar-refractivity contribution in [2.24, 2.45) is 5.92 Å². The predicted molar refractivity (Wildman–Crippen MR) is 79.0 cm³/mol. The van der Waals surface area contributed by atoms with Crippen molar-refractivity contribution in [2.45, 2.75) is 84.6 Å². The number of hydrogen-bond acceptors (Lipinski definition) is 3. The molecule has 0 bridgehead atoms. The van der Waals surface area contributed by atoms with E-state index in [0.717, 1.165) is 19.3 Å². The van der Waals surface area contributed by atoms with Gasteiger partial charge in [0.15, 0.2) is 0 Å². The molecule has 118 valence electrons. The van der Waals surface area contributed by atoms with Gasteiger partial charge in [-0.05, 0) is 18.8 Å². The molecule has 0 aromatic carbocycles. The van der Waals surface area contributed by atoms with Crippen LogP contribution >= 0.6 is 0 Å². The second-order valence-electron chi connectivity index (χ2n) is 5.94. The summed E-state index contributed by atoms with van der Waals surface area (Å²) in [5, 5.41) is 13.5. The molecule has 0 saturated carbocycles. The van der Waals surface area contributed by atoms with E-state index in [-0.39, 0.29) is 41.4 Å². The summed E-state index contributed by atoms with van der Waals surface area (Å²) in [4.78, 5) is 22.6. The zero-order chi connectivity index (χ0) is 15.4. The smallest absolute Gasteiger partial charge is 0.548 e. The SMILES string of the molecule is CCCCCCCCCC(=O)N[C@@H](CC(C)C)C(=O)[O-].[Na+]. The number of rotatable bonds is 12. The van der Waals surface area contributed by atoms with Crippen molar-refractivity contribution in [3.05, 3.63) is 0 Å². The van der Waals surface area contributed by atoms with Crippen LogP contribution in [0.2, 0.25) is 0 Å². The Morgan fingerprint density at radius 3 is 2.00 bits per heavy atom. The molecule has 1 N–H and O–H groups in total. The second-order valence-corrected chi connectivity index (χ2v) is 5.94. The molecule has 0 unspecified atom stereocenters. The molecule has 4 nitrogen and oxygen atoms in total. The Balaban J connectivity index is 0. The van der Waals surface area contributed by atoms with Gasteiger partial charge in [-0.2, -0.15) is 0 Å². The van der Waals surface area contributed by atoms with E-state index in [1.54, 1.807) is 0 Å². The molecule has 0 fully saturated rings. The first-order valence-electron chi connectivity index (χ1n) is 7.97. The van der Waals surface area contributed by atoms with Crippen molar-refractivity contribution in [1.29, 1.82) is 0 Å². The number of carbonyl (C=O) groups is 2. The first kappa shape index (κ1) is 23.2. The third kappa shape index (κ3) is 14.6. The van der Waals surface area contributed by atoms with E-state index in [1.165, 1.54) is 25.7 Å². The molecule has 0 rings (SSSR count). The molecule has 1 atom stereocenters. The number of carboxylic acids is 1. The molecule has 0 aromatic rings. The van der Waals surface area contributed by atoms with Gasteiger partial charge in [0.25, 0.3) is 0 Å². The van der Waals surface area contributed by atoms with E-state index in [4.69, 9.17) is 0 Å². The van der Waals surface area contributed by atoms with Gasteiger partial charge in [-0.25, -0.2) is 0 Å². The van der Waals surface area contributed by atoms with Gasteiger partial charge in [0.1, 0.15) is 0 Å². The number of unbranched alkanes of at least 4 members (excludes halogenated alkanes) is 6. The fourth-order valence-electron chi connectivity index (χ4n) is 2.19. The van der Waals surface area contributed by atoms with Crippen LogP contribution in [-0.2, 0) is 9.59 Å². The zero-order valence-corrected chi connectivity index (χ0v) is 16.2. The third-order valence-electron chi connectivity index (χ3n) is 3.33. The summed E-state index contributed by atoms with van der Waals surface area (Å²) in [6, 6.07) is -0.855. The molecule has 0 heterocycles. The fraction of sp³-hybridized carbons (Fsp3) is 0.875. The number of nitrogens with one attached hydrogen (secondary N) is 1. The van der Waals surface area contributed by atoms with Crippen LogP contribution in [0.3, 0.4) is 0 Å². The van der Waals surface area contributed by atoms with Crippen LogP contribution in [0.15, 0.2) is 0 Å². The van der Waals surface area contributed by atoms with Crippen LogP contribution in [0.1, 0.15) is 78.6 Å². The normalized spacial score (nSPS) is 11.8. The van der Waals surface area contributed by atoms with Gasteiger partial charge in [0.05, 0.1) is 12.0 Å². The average molecular weight is 307 g/mol. The largest absolute Gasteiger partial charge is 1.00 e. The van der Waals surface area contributed by atoms with Crippen LogP contribution < -0.4 is 40.0 Å².